The Morgan fingerprint density at radius 3 is 2.48 bits per heavy atom. The minimum atomic E-state index is -0.705. The Labute approximate surface area is 261 Å². The molecular formula is C34H40N4O5S. The van der Waals surface area contributed by atoms with Crippen molar-refractivity contribution in [2.75, 3.05) is 24.6 Å². The smallest absolute Gasteiger partial charge is 0.338 e. The van der Waals surface area contributed by atoms with Crippen molar-refractivity contribution in [1.82, 2.24) is 4.57 Å². The van der Waals surface area contributed by atoms with Gasteiger partial charge in [0.05, 0.1) is 33.4 Å². The highest BCUT2D eigenvalue weighted by atomic mass is 32.1. The first-order valence-electron chi connectivity index (χ1n) is 15.5. The van der Waals surface area contributed by atoms with Crippen LogP contribution in [0, 0.1) is 16.0 Å². The van der Waals surface area contributed by atoms with Gasteiger partial charge in [0.25, 0.3) is 11.2 Å². The van der Waals surface area contributed by atoms with E-state index in [2.05, 4.69) is 25.7 Å². The number of carbonyl (C=O) groups excluding carboxylic acids is 1. The van der Waals surface area contributed by atoms with Crippen molar-refractivity contribution in [3.05, 3.63) is 100 Å². The van der Waals surface area contributed by atoms with Crippen molar-refractivity contribution in [2.24, 2.45) is 10.9 Å². The van der Waals surface area contributed by atoms with E-state index in [4.69, 9.17) is 9.73 Å². The van der Waals surface area contributed by atoms with Gasteiger partial charge in [-0.15, -0.1) is 0 Å². The van der Waals surface area contributed by atoms with Gasteiger partial charge in [-0.05, 0) is 61.3 Å². The number of allylic oxidation sites excluding steroid dienone is 1. The molecule has 2 aliphatic heterocycles. The molecule has 44 heavy (non-hydrogen) atoms. The predicted molar refractivity (Wildman–Crippen MR) is 174 cm³/mol. The number of hydrogen-bond donors (Lipinski definition) is 0. The molecule has 0 bridgehead atoms. The molecule has 10 heteroatoms. The molecule has 0 aliphatic carbocycles. The van der Waals surface area contributed by atoms with Crippen LogP contribution in [0.15, 0.2) is 63.5 Å². The van der Waals surface area contributed by atoms with Crippen molar-refractivity contribution in [3.63, 3.8) is 0 Å². The van der Waals surface area contributed by atoms with Crippen LogP contribution in [-0.4, -0.2) is 35.2 Å². The lowest BCUT2D eigenvalue weighted by atomic mass is 9.92. The number of aromatic nitrogens is 1. The summed E-state index contributed by atoms with van der Waals surface area (Å²) in [5.74, 6) is 0.471. The van der Waals surface area contributed by atoms with Crippen LogP contribution in [0.1, 0.15) is 89.0 Å². The van der Waals surface area contributed by atoms with Crippen LogP contribution in [0.2, 0.25) is 0 Å². The minimum absolute atomic E-state index is 0.0314. The molecule has 0 unspecified atom stereocenters. The molecule has 5 rings (SSSR count). The van der Waals surface area contributed by atoms with E-state index in [-0.39, 0.29) is 17.9 Å². The predicted octanol–water partition coefficient (Wildman–Crippen LogP) is 5.85. The average molecular weight is 617 g/mol. The van der Waals surface area contributed by atoms with E-state index in [1.165, 1.54) is 17.4 Å². The molecule has 0 amide bonds. The Hall–Kier alpha value is -4.05. The molecule has 0 saturated carbocycles. The molecule has 2 aliphatic rings. The van der Waals surface area contributed by atoms with Crippen LogP contribution in [0.5, 0.6) is 0 Å². The lowest BCUT2D eigenvalue weighted by molar-refractivity contribution is -0.384. The Morgan fingerprint density at radius 1 is 1.16 bits per heavy atom. The summed E-state index contributed by atoms with van der Waals surface area (Å²) in [4.78, 5) is 46.7. The molecule has 0 N–H and O–H groups in total. The fraction of sp³-hybridized carbons (Fsp3) is 0.441. The number of carbonyl (C=O) groups is 1. The van der Waals surface area contributed by atoms with E-state index < -0.39 is 16.9 Å². The molecule has 1 fully saturated rings. The number of nitro benzene ring substituents is 1. The van der Waals surface area contributed by atoms with Crippen molar-refractivity contribution >= 4 is 34.8 Å². The Bertz CT molecular complexity index is 1760. The Balaban J connectivity index is 1.72. The molecular weight excluding hydrogens is 576 g/mol. The van der Waals surface area contributed by atoms with Gasteiger partial charge >= 0.3 is 5.97 Å². The summed E-state index contributed by atoms with van der Waals surface area (Å²) in [6, 6.07) is 12.2. The maximum atomic E-state index is 14.3. The van der Waals surface area contributed by atoms with E-state index >= 15 is 0 Å². The van der Waals surface area contributed by atoms with Crippen LogP contribution >= 0.6 is 11.3 Å². The van der Waals surface area contributed by atoms with Crippen LogP contribution in [0.4, 0.5) is 11.4 Å². The molecule has 232 valence electrons. The number of rotatable bonds is 9. The van der Waals surface area contributed by atoms with Crippen molar-refractivity contribution in [3.8, 4) is 0 Å². The summed E-state index contributed by atoms with van der Waals surface area (Å²) in [6.45, 7) is 12.2. The zero-order valence-corrected chi connectivity index (χ0v) is 26.9. The highest BCUT2D eigenvalue weighted by Crippen LogP contribution is 2.34. The van der Waals surface area contributed by atoms with Crippen LogP contribution in [-0.2, 0) is 9.53 Å². The molecule has 3 heterocycles. The van der Waals surface area contributed by atoms with Crippen LogP contribution in [0.25, 0.3) is 6.08 Å². The number of benzene rings is 2. The second-order valence-corrected chi connectivity index (χ2v) is 12.9. The zero-order valence-electron chi connectivity index (χ0n) is 26.0. The van der Waals surface area contributed by atoms with E-state index in [1.54, 1.807) is 29.7 Å². The quantitative estimate of drug-likeness (QED) is 0.170. The van der Waals surface area contributed by atoms with Gasteiger partial charge in [-0.2, -0.15) is 0 Å². The summed E-state index contributed by atoms with van der Waals surface area (Å²) in [7, 11) is 0. The summed E-state index contributed by atoms with van der Waals surface area (Å²) in [5, 5.41) is 11.7. The number of hydrogen-bond acceptors (Lipinski definition) is 8. The highest BCUT2D eigenvalue weighted by molar-refractivity contribution is 7.07. The third-order valence-electron chi connectivity index (χ3n) is 8.44. The molecule has 9 nitrogen and oxygen atoms in total. The van der Waals surface area contributed by atoms with E-state index in [0.29, 0.717) is 44.4 Å². The SMILES string of the molecule is CCCC1=C(C(=O)OCC)[C@H](c2ccc(C(C)C)cc2)n2c(s/c(=C/c3cc([N+](=O)[O-])ccc3N3CCC(C)CC3)c2=O)=N1. The third kappa shape index (κ3) is 6.26. The van der Waals surface area contributed by atoms with Crippen molar-refractivity contribution < 1.29 is 14.5 Å². The fourth-order valence-corrected chi connectivity index (χ4v) is 6.96. The normalized spacial score (nSPS) is 17.5. The molecule has 1 saturated heterocycles. The maximum absolute atomic E-state index is 14.3. The van der Waals surface area contributed by atoms with Crippen LogP contribution in [0.3, 0.4) is 0 Å². The second-order valence-electron chi connectivity index (χ2n) is 11.9. The van der Waals surface area contributed by atoms with Crippen molar-refractivity contribution in [1.29, 1.82) is 0 Å². The molecule has 0 radical (unpaired) electrons. The van der Waals surface area contributed by atoms with E-state index in [9.17, 15) is 19.7 Å². The number of piperidine rings is 1. The Kier molecular flexibility index (Phi) is 9.48. The lowest BCUT2D eigenvalue weighted by Crippen LogP contribution is -2.40. The minimum Gasteiger partial charge on any atom is -0.463 e. The molecule has 0 spiro atoms. The molecule has 1 atom stereocenters. The van der Waals surface area contributed by atoms with E-state index in [1.807, 2.05) is 31.2 Å². The van der Waals surface area contributed by atoms with Crippen molar-refractivity contribution in [2.45, 2.75) is 72.3 Å². The summed E-state index contributed by atoms with van der Waals surface area (Å²) < 4.78 is 7.50. The number of nitro groups is 1. The largest absolute Gasteiger partial charge is 0.463 e. The fourth-order valence-electron chi connectivity index (χ4n) is 5.95. The van der Waals surface area contributed by atoms with Gasteiger partial charge in [0.1, 0.15) is 0 Å². The standard InChI is InChI=1S/C34H40N4O5S/c1-6-8-27-30(33(40)43-7-2)31(24-11-9-23(10-12-24)21(3)4)37-32(39)29(44-34(37)35-27)20-25-19-26(38(41)42)13-14-28(25)36-17-15-22(5)16-18-36/h9-14,19-22,31H,6-8,15-18H2,1-5H3/b29-20+/t31-/m0/s1. The monoisotopic (exact) mass is 616 g/mol. The summed E-state index contributed by atoms with van der Waals surface area (Å²) >= 11 is 1.24. The number of ether oxygens (including phenoxy) is 1. The maximum Gasteiger partial charge on any atom is 0.338 e. The van der Waals surface area contributed by atoms with E-state index in [0.717, 1.165) is 49.2 Å². The highest BCUT2D eigenvalue weighted by Gasteiger charge is 2.34. The van der Waals surface area contributed by atoms with Gasteiger partial charge in [0.2, 0.25) is 0 Å². The number of non-ortho nitro benzene ring substituents is 1. The van der Waals surface area contributed by atoms with Gasteiger partial charge in [0.15, 0.2) is 4.80 Å². The molecule has 1 aromatic heterocycles. The first-order valence-corrected chi connectivity index (χ1v) is 16.3. The number of fused-ring (bicyclic) bond motifs is 1. The molecule has 3 aromatic rings. The number of thiazole rings is 1. The van der Waals surface area contributed by atoms with Gasteiger partial charge < -0.3 is 9.64 Å². The number of anilines is 1. The lowest BCUT2D eigenvalue weighted by Gasteiger charge is -2.33. The first-order chi connectivity index (χ1) is 21.1. The van der Waals surface area contributed by atoms with Crippen LogP contribution < -0.4 is 19.8 Å². The average Bonchev–Trinajstić information content (AvgIpc) is 3.31. The third-order valence-corrected chi connectivity index (χ3v) is 9.43. The molecule has 2 aromatic carbocycles. The van der Waals surface area contributed by atoms with Gasteiger partial charge in [-0.1, -0.05) is 69.7 Å². The first kappa shape index (κ1) is 31.4. The zero-order chi connectivity index (χ0) is 31.5. The summed E-state index contributed by atoms with van der Waals surface area (Å²) in [6.07, 6.45) is 5.13. The number of nitrogens with zero attached hydrogens (tertiary/aromatic N) is 4. The van der Waals surface area contributed by atoms with Gasteiger partial charge in [-0.25, -0.2) is 9.79 Å². The Morgan fingerprint density at radius 2 is 1.86 bits per heavy atom. The number of esters is 1. The van der Waals surface area contributed by atoms with Gasteiger partial charge in [0, 0.05) is 36.5 Å². The van der Waals surface area contributed by atoms with Gasteiger partial charge in [-0.3, -0.25) is 19.5 Å². The topological polar surface area (TPSA) is 107 Å². The summed E-state index contributed by atoms with van der Waals surface area (Å²) in [5.41, 5.74) is 4.11. The second kappa shape index (κ2) is 13.3.